The predicted molar refractivity (Wildman–Crippen MR) is 73.7 cm³/mol. The number of hydrogen-bond donors (Lipinski definition) is 4. The molecular formula is C14H24O8. The number of rotatable bonds is 7. The lowest BCUT2D eigenvalue weighted by molar-refractivity contribution is -0.286. The van der Waals surface area contributed by atoms with E-state index in [4.69, 9.17) is 14.6 Å². The number of carbonyl (C=O) groups excluding carboxylic acids is 1. The van der Waals surface area contributed by atoms with Crippen molar-refractivity contribution in [1.82, 2.24) is 0 Å². The molecular weight excluding hydrogens is 296 g/mol. The lowest BCUT2D eigenvalue weighted by Crippen LogP contribution is -2.60. The van der Waals surface area contributed by atoms with Gasteiger partial charge in [0.15, 0.2) is 6.10 Å². The molecule has 0 radical (unpaired) electrons. The Balaban J connectivity index is 2.55. The Morgan fingerprint density at radius 1 is 1.14 bits per heavy atom. The molecule has 22 heavy (non-hydrogen) atoms. The fourth-order valence-corrected chi connectivity index (χ4v) is 2.34. The summed E-state index contributed by atoms with van der Waals surface area (Å²) < 4.78 is 9.75. The minimum atomic E-state index is -1.80. The molecule has 6 atom stereocenters. The minimum absolute atomic E-state index is 0.101. The summed E-state index contributed by atoms with van der Waals surface area (Å²) in [5.74, 6) is -1.83. The molecule has 0 aromatic carbocycles. The van der Waals surface area contributed by atoms with Gasteiger partial charge in [0.1, 0.15) is 18.3 Å². The maximum atomic E-state index is 11.7. The second kappa shape index (κ2) is 8.42. The van der Waals surface area contributed by atoms with Crippen LogP contribution in [0.15, 0.2) is 0 Å². The van der Waals surface area contributed by atoms with Crippen molar-refractivity contribution in [1.29, 1.82) is 0 Å². The zero-order valence-electron chi connectivity index (χ0n) is 12.7. The third-order valence-corrected chi connectivity index (χ3v) is 3.68. The summed E-state index contributed by atoms with van der Waals surface area (Å²) in [6.45, 7) is 4.04. The Labute approximate surface area is 128 Å². The molecule has 0 saturated carbocycles. The average Bonchev–Trinajstić information content (AvgIpc) is 2.45. The highest BCUT2D eigenvalue weighted by molar-refractivity contribution is 5.73. The van der Waals surface area contributed by atoms with E-state index in [0.717, 1.165) is 12.8 Å². The number of carboxylic acid groups (broad SMARTS) is 1. The standard InChI is InChI=1S/C14H24O8/c1-3-4-7(2)5-6-8(15)21-14-11(18)9(16)10(17)12(22-14)13(19)20/h7,9-12,14,16-18H,3-6H2,1-2H3,(H,19,20)/t7?,9-,10-,11+,12-,14+/m0/s1. The zero-order valence-corrected chi connectivity index (χ0v) is 12.7. The van der Waals surface area contributed by atoms with Gasteiger partial charge in [0.2, 0.25) is 6.29 Å². The van der Waals surface area contributed by atoms with Gasteiger partial charge in [-0.05, 0) is 12.3 Å². The third-order valence-electron chi connectivity index (χ3n) is 3.68. The first-order chi connectivity index (χ1) is 10.3. The largest absolute Gasteiger partial charge is 0.479 e. The second-order valence-electron chi connectivity index (χ2n) is 5.66. The van der Waals surface area contributed by atoms with Crippen LogP contribution in [0.1, 0.15) is 39.5 Å². The molecule has 1 heterocycles. The number of aliphatic hydroxyl groups is 3. The van der Waals surface area contributed by atoms with Crippen molar-refractivity contribution < 1.29 is 39.5 Å². The van der Waals surface area contributed by atoms with E-state index in [1.165, 1.54) is 0 Å². The Morgan fingerprint density at radius 2 is 1.77 bits per heavy atom. The van der Waals surface area contributed by atoms with Crippen LogP contribution in [0.25, 0.3) is 0 Å². The van der Waals surface area contributed by atoms with E-state index < -0.39 is 42.6 Å². The first-order valence-electron chi connectivity index (χ1n) is 7.39. The molecule has 1 aliphatic rings. The highest BCUT2D eigenvalue weighted by Gasteiger charge is 2.48. The summed E-state index contributed by atoms with van der Waals surface area (Å²) in [4.78, 5) is 22.6. The summed E-state index contributed by atoms with van der Waals surface area (Å²) in [6, 6.07) is 0. The maximum Gasteiger partial charge on any atom is 0.335 e. The van der Waals surface area contributed by atoms with Gasteiger partial charge >= 0.3 is 11.9 Å². The number of carbonyl (C=O) groups is 2. The molecule has 8 nitrogen and oxygen atoms in total. The molecule has 1 saturated heterocycles. The molecule has 1 aliphatic heterocycles. The highest BCUT2D eigenvalue weighted by atomic mass is 16.7. The lowest BCUT2D eigenvalue weighted by atomic mass is 9.99. The summed E-state index contributed by atoms with van der Waals surface area (Å²) in [7, 11) is 0. The monoisotopic (exact) mass is 320 g/mol. The zero-order chi connectivity index (χ0) is 16.9. The fraction of sp³-hybridized carbons (Fsp3) is 0.857. The SMILES string of the molecule is CCCC(C)CCC(=O)O[C@@H]1O[C@H](C(=O)O)[C@@H](O)[C@H](O)[C@H]1O. The van der Waals surface area contributed by atoms with Gasteiger partial charge in [0.05, 0.1) is 0 Å². The van der Waals surface area contributed by atoms with Gasteiger partial charge in [-0.1, -0.05) is 26.7 Å². The first-order valence-corrected chi connectivity index (χ1v) is 7.39. The maximum absolute atomic E-state index is 11.7. The van der Waals surface area contributed by atoms with Crippen molar-refractivity contribution >= 4 is 11.9 Å². The molecule has 0 aromatic heterocycles. The summed E-state index contributed by atoms with van der Waals surface area (Å²) >= 11 is 0. The first kappa shape index (κ1) is 18.8. The number of ether oxygens (including phenoxy) is 2. The normalized spacial score (nSPS) is 33.2. The van der Waals surface area contributed by atoms with E-state index in [2.05, 4.69) is 0 Å². The molecule has 0 bridgehead atoms. The molecule has 128 valence electrons. The molecule has 1 fully saturated rings. The van der Waals surface area contributed by atoms with Gasteiger partial charge < -0.3 is 29.9 Å². The van der Waals surface area contributed by atoms with E-state index in [0.29, 0.717) is 12.3 Å². The van der Waals surface area contributed by atoms with Gasteiger partial charge in [-0.2, -0.15) is 0 Å². The Hall–Kier alpha value is -1.22. The van der Waals surface area contributed by atoms with Gasteiger partial charge in [-0.25, -0.2) is 4.79 Å². The predicted octanol–water partition coefficient (Wildman–Crippen LogP) is -0.362. The van der Waals surface area contributed by atoms with Crippen LogP contribution in [-0.4, -0.2) is 63.1 Å². The Kier molecular flexibility index (Phi) is 7.21. The Morgan fingerprint density at radius 3 is 2.32 bits per heavy atom. The van der Waals surface area contributed by atoms with E-state index in [9.17, 15) is 24.9 Å². The average molecular weight is 320 g/mol. The van der Waals surface area contributed by atoms with Crippen LogP contribution in [0.2, 0.25) is 0 Å². The molecule has 0 amide bonds. The van der Waals surface area contributed by atoms with Crippen molar-refractivity contribution in [3.8, 4) is 0 Å². The lowest BCUT2D eigenvalue weighted by Gasteiger charge is -2.37. The number of aliphatic hydroxyl groups excluding tert-OH is 3. The molecule has 1 unspecified atom stereocenters. The van der Waals surface area contributed by atoms with E-state index in [-0.39, 0.29) is 6.42 Å². The molecule has 0 aromatic rings. The fourth-order valence-electron chi connectivity index (χ4n) is 2.34. The van der Waals surface area contributed by atoms with Gasteiger partial charge in [-0.15, -0.1) is 0 Å². The second-order valence-corrected chi connectivity index (χ2v) is 5.66. The topological polar surface area (TPSA) is 134 Å². The van der Waals surface area contributed by atoms with Crippen LogP contribution >= 0.6 is 0 Å². The van der Waals surface area contributed by atoms with Gasteiger partial charge in [0, 0.05) is 6.42 Å². The van der Waals surface area contributed by atoms with Crippen molar-refractivity contribution in [2.45, 2.75) is 70.2 Å². The number of aliphatic carboxylic acids is 1. The number of esters is 1. The van der Waals surface area contributed by atoms with Gasteiger partial charge in [0.25, 0.3) is 0 Å². The van der Waals surface area contributed by atoms with E-state index in [1.54, 1.807) is 0 Å². The number of carboxylic acids is 1. The molecule has 0 spiro atoms. The van der Waals surface area contributed by atoms with Crippen molar-refractivity contribution in [3.63, 3.8) is 0 Å². The minimum Gasteiger partial charge on any atom is -0.479 e. The highest BCUT2D eigenvalue weighted by Crippen LogP contribution is 2.23. The molecule has 0 aliphatic carbocycles. The molecule has 8 heteroatoms. The van der Waals surface area contributed by atoms with Crippen LogP contribution in [0.5, 0.6) is 0 Å². The van der Waals surface area contributed by atoms with E-state index >= 15 is 0 Å². The summed E-state index contributed by atoms with van der Waals surface area (Å²) in [5.41, 5.74) is 0. The van der Waals surface area contributed by atoms with Crippen LogP contribution in [0.4, 0.5) is 0 Å². The smallest absolute Gasteiger partial charge is 0.335 e. The van der Waals surface area contributed by atoms with Crippen LogP contribution in [0.3, 0.4) is 0 Å². The van der Waals surface area contributed by atoms with Crippen molar-refractivity contribution in [2.75, 3.05) is 0 Å². The summed E-state index contributed by atoms with van der Waals surface area (Å²) in [5, 5.41) is 37.7. The third kappa shape index (κ3) is 4.91. The van der Waals surface area contributed by atoms with Crippen LogP contribution in [-0.2, 0) is 19.1 Å². The Bertz CT molecular complexity index is 385. The van der Waals surface area contributed by atoms with Crippen molar-refractivity contribution in [3.05, 3.63) is 0 Å². The number of hydrogen-bond acceptors (Lipinski definition) is 7. The van der Waals surface area contributed by atoms with E-state index in [1.807, 2.05) is 13.8 Å². The van der Waals surface area contributed by atoms with Crippen LogP contribution < -0.4 is 0 Å². The van der Waals surface area contributed by atoms with Crippen molar-refractivity contribution in [2.24, 2.45) is 5.92 Å². The molecule has 1 rings (SSSR count). The molecule has 4 N–H and O–H groups in total. The quantitative estimate of drug-likeness (QED) is 0.467. The van der Waals surface area contributed by atoms with Gasteiger partial charge in [-0.3, -0.25) is 4.79 Å². The van der Waals surface area contributed by atoms with Crippen LogP contribution in [0, 0.1) is 5.92 Å². The summed E-state index contributed by atoms with van der Waals surface area (Å²) in [6.07, 6.45) is -5.98.